The quantitative estimate of drug-likeness (QED) is 0.862. The minimum absolute atomic E-state index is 0.102. The average Bonchev–Trinajstić information content (AvgIpc) is 2.86. The molecule has 1 atom stereocenters. The number of nitrogens with zero attached hydrogens (tertiary/aromatic N) is 3. The van der Waals surface area contributed by atoms with Gasteiger partial charge in [0.1, 0.15) is 17.9 Å². The van der Waals surface area contributed by atoms with Gasteiger partial charge in [-0.2, -0.15) is 5.10 Å². The lowest BCUT2D eigenvalue weighted by Gasteiger charge is -2.13. The lowest BCUT2D eigenvalue weighted by molar-refractivity contribution is 0.339. The Morgan fingerprint density at radius 3 is 2.95 bits per heavy atom. The molecule has 5 heteroatoms. The summed E-state index contributed by atoms with van der Waals surface area (Å²) >= 11 is 0. The van der Waals surface area contributed by atoms with E-state index in [1.807, 2.05) is 42.8 Å². The van der Waals surface area contributed by atoms with Gasteiger partial charge >= 0.3 is 0 Å². The van der Waals surface area contributed by atoms with Gasteiger partial charge in [-0.25, -0.2) is 4.98 Å². The summed E-state index contributed by atoms with van der Waals surface area (Å²) < 4.78 is 7.36. The molecule has 2 N–H and O–H groups in total. The van der Waals surface area contributed by atoms with E-state index in [0.717, 1.165) is 23.7 Å². The molecule has 0 radical (unpaired) electrons. The highest BCUT2D eigenvalue weighted by Crippen LogP contribution is 2.20. The fraction of sp³-hybridized carbons (Fsp3) is 0.429. The molecule has 2 rings (SSSR count). The SMILES string of the molecule is CCOc1cccc(C(N)Cc2ncnn2CC)c1. The van der Waals surface area contributed by atoms with Gasteiger partial charge in [0.05, 0.1) is 6.61 Å². The second kappa shape index (κ2) is 6.33. The van der Waals surface area contributed by atoms with Crippen LogP contribution in [0.5, 0.6) is 5.75 Å². The molecule has 102 valence electrons. The smallest absolute Gasteiger partial charge is 0.138 e. The van der Waals surface area contributed by atoms with Gasteiger partial charge in [0.2, 0.25) is 0 Å². The van der Waals surface area contributed by atoms with Crippen molar-refractivity contribution in [3.8, 4) is 5.75 Å². The van der Waals surface area contributed by atoms with Crippen molar-refractivity contribution in [1.29, 1.82) is 0 Å². The lowest BCUT2D eigenvalue weighted by Crippen LogP contribution is -2.17. The predicted octanol–water partition coefficient (Wildman–Crippen LogP) is 1.94. The lowest BCUT2D eigenvalue weighted by atomic mass is 10.0. The molecule has 0 aliphatic heterocycles. The maximum atomic E-state index is 6.24. The second-order valence-electron chi connectivity index (χ2n) is 4.31. The summed E-state index contributed by atoms with van der Waals surface area (Å²) in [7, 11) is 0. The van der Waals surface area contributed by atoms with Gasteiger partial charge in [-0.3, -0.25) is 4.68 Å². The zero-order valence-electron chi connectivity index (χ0n) is 11.4. The number of ether oxygens (including phenoxy) is 1. The normalized spacial score (nSPS) is 12.4. The number of hydrogen-bond donors (Lipinski definition) is 1. The maximum Gasteiger partial charge on any atom is 0.138 e. The fourth-order valence-corrected chi connectivity index (χ4v) is 2.03. The van der Waals surface area contributed by atoms with Crippen molar-refractivity contribution in [3.63, 3.8) is 0 Å². The van der Waals surface area contributed by atoms with E-state index in [1.165, 1.54) is 0 Å². The molecule has 1 aromatic carbocycles. The zero-order valence-corrected chi connectivity index (χ0v) is 11.4. The van der Waals surface area contributed by atoms with Crippen molar-refractivity contribution in [2.75, 3.05) is 6.61 Å². The second-order valence-corrected chi connectivity index (χ2v) is 4.31. The topological polar surface area (TPSA) is 66.0 Å². The van der Waals surface area contributed by atoms with Crippen molar-refractivity contribution in [1.82, 2.24) is 14.8 Å². The van der Waals surface area contributed by atoms with Crippen LogP contribution >= 0.6 is 0 Å². The molecule has 0 aliphatic carbocycles. The minimum Gasteiger partial charge on any atom is -0.494 e. The molecule has 0 aliphatic rings. The molecular formula is C14H20N4O. The summed E-state index contributed by atoms with van der Waals surface area (Å²) in [5, 5.41) is 4.15. The fourth-order valence-electron chi connectivity index (χ4n) is 2.03. The molecule has 0 saturated carbocycles. The third-order valence-electron chi connectivity index (χ3n) is 2.99. The van der Waals surface area contributed by atoms with Crippen molar-refractivity contribution in [2.24, 2.45) is 5.73 Å². The predicted molar refractivity (Wildman–Crippen MR) is 73.9 cm³/mol. The first kappa shape index (κ1) is 13.5. The monoisotopic (exact) mass is 260 g/mol. The maximum absolute atomic E-state index is 6.24. The Kier molecular flexibility index (Phi) is 4.52. The molecule has 2 aromatic rings. The number of rotatable bonds is 6. The number of benzene rings is 1. The third-order valence-corrected chi connectivity index (χ3v) is 2.99. The summed E-state index contributed by atoms with van der Waals surface area (Å²) in [6, 6.07) is 7.80. The third kappa shape index (κ3) is 3.32. The first-order chi connectivity index (χ1) is 9.24. The Balaban J connectivity index is 2.11. The van der Waals surface area contributed by atoms with Gasteiger partial charge in [0.25, 0.3) is 0 Å². The van der Waals surface area contributed by atoms with E-state index in [4.69, 9.17) is 10.5 Å². The van der Waals surface area contributed by atoms with Crippen LogP contribution in [0.3, 0.4) is 0 Å². The summed E-state index contributed by atoms with van der Waals surface area (Å²) in [4.78, 5) is 4.25. The van der Waals surface area contributed by atoms with E-state index < -0.39 is 0 Å². The highest BCUT2D eigenvalue weighted by atomic mass is 16.5. The minimum atomic E-state index is -0.102. The average molecular weight is 260 g/mol. The van der Waals surface area contributed by atoms with Crippen LogP contribution in [-0.4, -0.2) is 21.4 Å². The highest BCUT2D eigenvalue weighted by Gasteiger charge is 2.12. The van der Waals surface area contributed by atoms with Crippen LogP contribution in [0.1, 0.15) is 31.3 Å². The zero-order chi connectivity index (χ0) is 13.7. The Labute approximate surface area is 113 Å². The van der Waals surface area contributed by atoms with E-state index in [2.05, 4.69) is 10.1 Å². The number of hydrogen-bond acceptors (Lipinski definition) is 4. The molecule has 5 nitrogen and oxygen atoms in total. The van der Waals surface area contributed by atoms with Crippen LogP contribution in [0.15, 0.2) is 30.6 Å². The molecule has 0 amide bonds. The van der Waals surface area contributed by atoms with Crippen LogP contribution in [-0.2, 0) is 13.0 Å². The largest absolute Gasteiger partial charge is 0.494 e. The van der Waals surface area contributed by atoms with Crippen molar-refractivity contribution < 1.29 is 4.74 Å². The van der Waals surface area contributed by atoms with Crippen LogP contribution in [0, 0.1) is 0 Å². The number of aromatic nitrogens is 3. The van der Waals surface area contributed by atoms with Crippen molar-refractivity contribution in [3.05, 3.63) is 42.0 Å². The molecule has 0 spiro atoms. The van der Waals surface area contributed by atoms with E-state index in [-0.39, 0.29) is 6.04 Å². The molecule has 1 aromatic heterocycles. The Bertz CT molecular complexity index is 524. The Morgan fingerprint density at radius 1 is 1.37 bits per heavy atom. The van der Waals surface area contributed by atoms with E-state index in [0.29, 0.717) is 13.0 Å². The van der Waals surface area contributed by atoms with Gasteiger partial charge in [-0.15, -0.1) is 0 Å². The molecule has 0 bridgehead atoms. The first-order valence-corrected chi connectivity index (χ1v) is 6.59. The van der Waals surface area contributed by atoms with Crippen molar-refractivity contribution >= 4 is 0 Å². The molecule has 1 unspecified atom stereocenters. The molecule has 19 heavy (non-hydrogen) atoms. The Morgan fingerprint density at radius 2 is 2.21 bits per heavy atom. The number of nitrogens with two attached hydrogens (primary N) is 1. The summed E-state index contributed by atoms with van der Waals surface area (Å²) in [6.45, 7) is 5.47. The van der Waals surface area contributed by atoms with Gasteiger partial charge < -0.3 is 10.5 Å². The molecular weight excluding hydrogens is 240 g/mol. The van der Waals surface area contributed by atoms with Crippen LogP contribution < -0.4 is 10.5 Å². The van der Waals surface area contributed by atoms with Gasteiger partial charge in [0.15, 0.2) is 0 Å². The van der Waals surface area contributed by atoms with Gasteiger partial charge in [-0.1, -0.05) is 12.1 Å². The first-order valence-electron chi connectivity index (χ1n) is 6.59. The molecule has 0 saturated heterocycles. The summed E-state index contributed by atoms with van der Waals surface area (Å²) in [5.41, 5.74) is 7.29. The summed E-state index contributed by atoms with van der Waals surface area (Å²) in [6.07, 6.45) is 2.24. The standard InChI is InChI=1S/C14H20N4O/c1-3-18-14(16-10-17-18)9-13(15)11-6-5-7-12(8-11)19-4-2/h5-8,10,13H,3-4,9,15H2,1-2H3. The molecule has 0 fully saturated rings. The van der Waals surface area contributed by atoms with Gasteiger partial charge in [-0.05, 0) is 31.5 Å². The number of aryl methyl sites for hydroxylation is 1. The van der Waals surface area contributed by atoms with Crippen LogP contribution in [0.2, 0.25) is 0 Å². The Hall–Kier alpha value is -1.88. The van der Waals surface area contributed by atoms with Crippen molar-refractivity contribution in [2.45, 2.75) is 32.9 Å². The summed E-state index contributed by atoms with van der Waals surface area (Å²) in [5.74, 6) is 1.77. The van der Waals surface area contributed by atoms with Crippen LogP contribution in [0.25, 0.3) is 0 Å². The van der Waals surface area contributed by atoms with E-state index in [9.17, 15) is 0 Å². The van der Waals surface area contributed by atoms with Gasteiger partial charge in [0, 0.05) is 19.0 Å². The van der Waals surface area contributed by atoms with E-state index >= 15 is 0 Å². The van der Waals surface area contributed by atoms with Crippen LogP contribution in [0.4, 0.5) is 0 Å². The highest BCUT2D eigenvalue weighted by molar-refractivity contribution is 5.30. The molecule has 1 heterocycles. The van der Waals surface area contributed by atoms with E-state index in [1.54, 1.807) is 6.33 Å².